The summed E-state index contributed by atoms with van der Waals surface area (Å²) in [6.07, 6.45) is 15.8. The first kappa shape index (κ1) is 29.9. The number of benzene rings is 1. The van der Waals surface area contributed by atoms with Crippen molar-refractivity contribution in [3.05, 3.63) is 45.5 Å². The number of fused-ring (bicyclic) bond motifs is 2. The largest absolute Gasteiger partial charge is 0.478 e. The monoisotopic (exact) mass is 575 g/mol. The van der Waals surface area contributed by atoms with Crippen LogP contribution in [0.5, 0.6) is 0 Å². The molecule has 4 saturated carbocycles. The van der Waals surface area contributed by atoms with Crippen molar-refractivity contribution in [2.75, 3.05) is 0 Å². The molecule has 0 aromatic heterocycles. The standard InChI is InChI=1S/C37H53NO4/c1-23(2)9-8-10-24(3)28-16-18-35(7)31-14-13-30-33(4,5)17-15-29(37(30)22-36(31,37)20-19-34(28,35)6)27-21-25(38(41)42)11-12-26(27)32(39)40/h11-12,15,21,23-24,28,30-31H,8-10,13-14,16-20,22H2,1-7H3,(H,39,40)/t24-,28-,30+,31+,34-,35+,36+,37+/m1/s1. The summed E-state index contributed by atoms with van der Waals surface area (Å²) in [6.45, 7) is 17.3. The Hall–Kier alpha value is -2.17. The first-order valence-electron chi connectivity index (χ1n) is 16.9. The molecule has 0 heterocycles. The van der Waals surface area contributed by atoms with Gasteiger partial charge in [0.15, 0.2) is 0 Å². The molecule has 0 saturated heterocycles. The summed E-state index contributed by atoms with van der Waals surface area (Å²) < 4.78 is 0. The number of non-ortho nitro benzene ring substituents is 1. The highest BCUT2D eigenvalue weighted by Crippen LogP contribution is 2.90. The molecule has 2 spiro atoms. The Balaban J connectivity index is 1.40. The Bertz CT molecular complexity index is 1330. The first-order valence-corrected chi connectivity index (χ1v) is 16.9. The molecule has 0 amide bonds. The topological polar surface area (TPSA) is 80.4 Å². The van der Waals surface area contributed by atoms with Crippen molar-refractivity contribution in [3.63, 3.8) is 0 Å². The Morgan fingerprint density at radius 3 is 2.38 bits per heavy atom. The minimum absolute atomic E-state index is 0.0102. The summed E-state index contributed by atoms with van der Waals surface area (Å²) >= 11 is 0. The summed E-state index contributed by atoms with van der Waals surface area (Å²) in [6, 6.07) is 4.41. The molecular weight excluding hydrogens is 522 g/mol. The number of aromatic carboxylic acids is 1. The van der Waals surface area contributed by atoms with Gasteiger partial charge in [-0.2, -0.15) is 0 Å². The van der Waals surface area contributed by atoms with Crippen molar-refractivity contribution in [2.24, 2.45) is 56.7 Å². The van der Waals surface area contributed by atoms with E-state index < -0.39 is 5.97 Å². The zero-order valence-electron chi connectivity index (χ0n) is 27.1. The zero-order chi connectivity index (χ0) is 30.5. The normalized spacial score (nSPS) is 40.3. The maximum absolute atomic E-state index is 12.5. The number of nitrogens with zero attached hydrogens (tertiary/aromatic N) is 1. The highest BCUT2D eigenvalue weighted by atomic mass is 16.6. The smallest absolute Gasteiger partial charge is 0.336 e. The van der Waals surface area contributed by atoms with E-state index in [9.17, 15) is 20.0 Å². The number of hydrogen-bond donors (Lipinski definition) is 1. The number of carbonyl (C=O) groups is 1. The molecule has 1 aromatic carbocycles. The molecule has 1 aromatic rings. The van der Waals surface area contributed by atoms with Gasteiger partial charge in [0, 0.05) is 17.5 Å². The molecule has 230 valence electrons. The van der Waals surface area contributed by atoms with Crippen LogP contribution < -0.4 is 0 Å². The van der Waals surface area contributed by atoms with Crippen molar-refractivity contribution in [1.82, 2.24) is 0 Å². The molecule has 5 heteroatoms. The quantitative estimate of drug-likeness (QED) is 0.247. The fraction of sp³-hybridized carbons (Fsp3) is 0.757. The summed E-state index contributed by atoms with van der Waals surface area (Å²) in [7, 11) is 0. The minimum atomic E-state index is -0.992. The van der Waals surface area contributed by atoms with Gasteiger partial charge in [-0.1, -0.05) is 73.8 Å². The lowest BCUT2D eigenvalue weighted by Crippen LogP contribution is -2.56. The second-order valence-corrected chi connectivity index (χ2v) is 16.9. The molecule has 0 bridgehead atoms. The Morgan fingerprint density at radius 1 is 1.00 bits per heavy atom. The van der Waals surface area contributed by atoms with E-state index in [1.807, 2.05) is 0 Å². The van der Waals surface area contributed by atoms with Gasteiger partial charge in [0.05, 0.1) is 10.5 Å². The van der Waals surface area contributed by atoms with Gasteiger partial charge in [0.1, 0.15) is 0 Å². The van der Waals surface area contributed by atoms with E-state index in [-0.39, 0.29) is 37.8 Å². The maximum Gasteiger partial charge on any atom is 0.336 e. The Labute approximate surface area is 253 Å². The second-order valence-electron chi connectivity index (χ2n) is 16.9. The van der Waals surface area contributed by atoms with Crippen LogP contribution in [0, 0.1) is 66.8 Å². The Morgan fingerprint density at radius 2 is 1.71 bits per heavy atom. The predicted molar refractivity (Wildman–Crippen MR) is 168 cm³/mol. The number of nitro groups is 1. The van der Waals surface area contributed by atoms with Crippen molar-refractivity contribution in [2.45, 2.75) is 119 Å². The molecule has 5 nitrogen and oxygen atoms in total. The fourth-order valence-corrected chi connectivity index (χ4v) is 12.3. The SMILES string of the molecule is CC(C)CCC[C@@H](C)[C@H]1CC[C@@]2(C)[C@@H]3CC[C@H]4C(C)(C)CC=C(c5cc([N+](=O)[O-])ccc5C(=O)O)[C@@]45C[C@@]35CC[C@]12C. The molecule has 42 heavy (non-hydrogen) atoms. The van der Waals surface area contributed by atoms with E-state index in [0.717, 1.165) is 36.2 Å². The third-order valence-electron chi connectivity index (χ3n) is 14.4. The average molecular weight is 576 g/mol. The number of hydrogen-bond acceptors (Lipinski definition) is 3. The zero-order valence-corrected chi connectivity index (χ0v) is 27.1. The van der Waals surface area contributed by atoms with Crippen LogP contribution in [0.25, 0.3) is 5.57 Å². The molecule has 1 N–H and O–H groups in total. The highest BCUT2D eigenvalue weighted by Gasteiger charge is 2.82. The van der Waals surface area contributed by atoms with E-state index in [1.165, 1.54) is 69.9 Å². The van der Waals surface area contributed by atoms with Gasteiger partial charge in [-0.3, -0.25) is 10.1 Å². The number of carboxylic acids is 1. The van der Waals surface area contributed by atoms with E-state index in [0.29, 0.717) is 22.8 Å². The number of nitro benzene ring substituents is 1. The van der Waals surface area contributed by atoms with Gasteiger partial charge in [0.25, 0.3) is 5.69 Å². The number of allylic oxidation sites excluding steroid dienone is 2. The van der Waals surface area contributed by atoms with Crippen molar-refractivity contribution < 1.29 is 14.8 Å². The van der Waals surface area contributed by atoms with Crippen LogP contribution in [0.4, 0.5) is 5.69 Å². The van der Waals surface area contributed by atoms with Crippen LogP contribution in [-0.2, 0) is 0 Å². The van der Waals surface area contributed by atoms with Crippen molar-refractivity contribution in [3.8, 4) is 0 Å². The molecule has 5 aliphatic rings. The lowest BCUT2D eigenvalue weighted by Gasteiger charge is -2.63. The predicted octanol–water partition coefficient (Wildman–Crippen LogP) is 10.2. The minimum Gasteiger partial charge on any atom is -0.478 e. The van der Waals surface area contributed by atoms with Crippen LogP contribution in [0.1, 0.15) is 135 Å². The average Bonchev–Trinajstić information content (AvgIpc) is 3.50. The van der Waals surface area contributed by atoms with E-state index in [1.54, 1.807) is 6.07 Å². The molecule has 0 aliphatic heterocycles. The van der Waals surface area contributed by atoms with Crippen LogP contribution in [-0.4, -0.2) is 16.0 Å². The van der Waals surface area contributed by atoms with E-state index >= 15 is 0 Å². The molecule has 0 radical (unpaired) electrons. The van der Waals surface area contributed by atoms with E-state index in [4.69, 9.17) is 0 Å². The third kappa shape index (κ3) is 3.89. The first-order chi connectivity index (χ1) is 19.6. The molecule has 0 unspecified atom stereocenters. The van der Waals surface area contributed by atoms with E-state index in [2.05, 4.69) is 54.5 Å². The van der Waals surface area contributed by atoms with Gasteiger partial charge >= 0.3 is 5.97 Å². The summed E-state index contributed by atoms with van der Waals surface area (Å²) in [4.78, 5) is 24.0. The molecule has 6 rings (SSSR count). The van der Waals surface area contributed by atoms with Gasteiger partial charge in [-0.15, -0.1) is 0 Å². The molecular formula is C37H53NO4. The van der Waals surface area contributed by atoms with Gasteiger partial charge < -0.3 is 5.11 Å². The fourth-order valence-electron chi connectivity index (χ4n) is 12.3. The number of carboxylic acid groups (broad SMARTS) is 1. The maximum atomic E-state index is 12.5. The van der Waals surface area contributed by atoms with Crippen molar-refractivity contribution in [1.29, 1.82) is 0 Å². The summed E-state index contributed by atoms with van der Waals surface area (Å²) in [5.74, 6) is 2.40. The van der Waals surface area contributed by atoms with Crippen LogP contribution in [0.15, 0.2) is 24.3 Å². The van der Waals surface area contributed by atoms with Gasteiger partial charge in [-0.25, -0.2) is 4.79 Å². The third-order valence-corrected chi connectivity index (χ3v) is 14.4. The van der Waals surface area contributed by atoms with Gasteiger partial charge in [0.2, 0.25) is 0 Å². The van der Waals surface area contributed by atoms with Gasteiger partial charge in [-0.05, 0) is 120 Å². The molecule has 8 atom stereocenters. The summed E-state index contributed by atoms with van der Waals surface area (Å²) in [5, 5.41) is 22.1. The lowest BCUT2D eigenvalue weighted by atomic mass is 9.41. The molecule has 4 fully saturated rings. The van der Waals surface area contributed by atoms with Crippen LogP contribution in [0.3, 0.4) is 0 Å². The highest BCUT2D eigenvalue weighted by molar-refractivity contribution is 5.96. The summed E-state index contributed by atoms with van der Waals surface area (Å²) in [5.41, 5.74) is 2.78. The lowest BCUT2D eigenvalue weighted by molar-refractivity contribution is -0.384. The van der Waals surface area contributed by atoms with Crippen LogP contribution in [0.2, 0.25) is 0 Å². The van der Waals surface area contributed by atoms with Crippen molar-refractivity contribution >= 4 is 17.2 Å². The van der Waals surface area contributed by atoms with Crippen LogP contribution >= 0.6 is 0 Å². The second kappa shape index (κ2) is 9.66. The Kier molecular flexibility index (Phi) is 6.88. The number of rotatable bonds is 8. The molecule has 5 aliphatic carbocycles.